The van der Waals surface area contributed by atoms with Crippen LogP contribution in [0.15, 0.2) is 158 Å². The highest BCUT2D eigenvalue weighted by molar-refractivity contribution is 7.45. The van der Waals surface area contributed by atoms with Crippen LogP contribution in [0.3, 0.4) is 0 Å². The first-order chi connectivity index (χ1) is 46.0. The van der Waals surface area contributed by atoms with Gasteiger partial charge in [0.15, 0.2) is 6.10 Å². The number of unbranched alkanes of at least 4 members (excludes halogenated alkanes) is 29. The standard InChI is InChI=1S/C84H142NO8P/c1-6-8-10-12-14-16-18-20-22-24-26-28-30-32-34-36-37-38-39-40-41-42-43-44-45-46-47-49-50-52-54-56-58-60-62-64-66-68-70-72-74-76-83(86)90-80-82(81-92-94(88,89)91-79-78-85(3,4)5)93-84(87)77-75-73-71-69-67-65-63-61-59-57-55-53-51-48-35-33-31-29-27-25-23-21-19-17-15-13-11-9-7-2/h8-11,14-17,20-23,26-29,32-35,37-38,51,53,57,59,82H,6-7,12-13,18-19,24-25,30-31,36,39-50,52,54-56,58,60-81H2,1-5H3/b10-8-,11-9-,16-14-,17-15-,22-20-,23-21-,28-26-,29-27-,34-32-,35-33-,38-37-,53-51-,59-57-. The molecule has 0 radical (unpaired) electrons. The van der Waals surface area contributed by atoms with E-state index in [2.05, 4.69) is 172 Å². The number of esters is 2. The number of phosphoric acid groups is 1. The zero-order valence-corrected chi connectivity index (χ0v) is 62.0. The molecule has 0 aliphatic carbocycles. The van der Waals surface area contributed by atoms with Gasteiger partial charge in [-0.15, -0.1) is 0 Å². The van der Waals surface area contributed by atoms with Gasteiger partial charge in [-0.1, -0.05) is 332 Å². The molecule has 0 rings (SSSR count). The van der Waals surface area contributed by atoms with Gasteiger partial charge in [0.25, 0.3) is 7.82 Å². The molecule has 0 aromatic heterocycles. The summed E-state index contributed by atoms with van der Waals surface area (Å²) in [5, 5.41) is 0. The zero-order chi connectivity index (χ0) is 68.3. The normalized spacial score (nSPS) is 14.0. The van der Waals surface area contributed by atoms with Crippen molar-refractivity contribution >= 4 is 19.8 Å². The summed E-state index contributed by atoms with van der Waals surface area (Å²) in [4.78, 5) is 38.1. The maximum Gasteiger partial charge on any atom is 0.306 e. The van der Waals surface area contributed by atoms with Gasteiger partial charge in [0, 0.05) is 12.8 Å². The summed E-state index contributed by atoms with van der Waals surface area (Å²) in [5.41, 5.74) is 0. The van der Waals surface area contributed by atoms with Crippen molar-refractivity contribution in [3.8, 4) is 0 Å². The quantitative estimate of drug-likeness (QED) is 0.0195. The Morgan fingerprint density at radius 2 is 0.574 bits per heavy atom. The van der Waals surface area contributed by atoms with Crippen molar-refractivity contribution in [2.24, 2.45) is 0 Å². The Morgan fingerprint density at radius 1 is 0.330 bits per heavy atom. The zero-order valence-electron chi connectivity index (χ0n) is 61.1. The summed E-state index contributed by atoms with van der Waals surface area (Å²) in [5.74, 6) is -0.844. The molecular formula is C84H142NO8P. The highest BCUT2D eigenvalue weighted by Crippen LogP contribution is 2.38. The fourth-order valence-corrected chi connectivity index (χ4v) is 11.0. The predicted octanol–water partition coefficient (Wildman–Crippen LogP) is 24.9. The Bertz CT molecular complexity index is 2150. The molecule has 0 bridgehead atoms. The van der Waals surface area contributed by atoms with Crippen molar-refractivity contribution in [2.75, 3.05) is 47.5 Å². The predicted molar refractivity (Wildman–Crippen MR) is 406 cm³/mol. The number of likely N-dealkylation sites (N-methyl/N-ethyl adjacent to an activating group) is 1. The van der Waals surface area contributed by atoms with E-state index in [1.807, 2.05) is 21.1 Å². The lowest BCUT2D eigenvalue weighted by molar-refractivity contribution is -0.870. The summed E-state index contributed by atoms with van der Waals surface area (Å²) in [6, 6.07) is 0. The molecule has 0 saturated heterocycles. The van der Waals surface area contributed by atoms with E-state index >= 15 is 0 Å². The van der Waals surface area contributed by atoms with E-state index in [0.717, 1.165) is 128 Å². The van der Waals surface area contributed by atoms with Crippen LogP contribution in [0, 0.1) is 0 Å². The van der Waals surface area contributed by atoms with Gasteiger partial charge in [-0.25, -0.2) is 0 Å². The first-order valence-corrected chi connectivity index (χ1v) is 39.7. The van der Waals surface area contributed by atoms with Gasteiger partial charge < -0.3 is 27.9 Å². The van der Waals surface area contributed by atoms with Gasteiger partial charge in [-0.05, 0) is 122 Å². The lowest BCUT2D eigenvalue weighted by Gasteiger charge is -2.28. The third-order valence-corrected chi connectivity index (χ3v) is 17.0. The molecule has 0 aromatic carbocycles. The average molecular weight is 1330 g/mol. The molecule has 2 unspecified atom stereocenters. The van der Waals surface area contributed by atoms with Gasteiger partial charge >= 0.3 is 11.9 Å². The Kier molecular flexibility index (Phi) is 69.5. The van der Waals surface area contributed by atoms with Crippen LogP contribution < -0.4 is 4.89 Å². The molecule has 0 aliphatic rings. The van der Waals surface area contributed by atoms with Gasteiger partial charge in [0.05, 0.1) is 27.7 Å². The van der Waals surface area contributed by atoms with Gasteiger partial charge in [0.1, 0.15) is 19.8 Å². The second-order valence-corrected chi connectivity index (χ2v) is 27.7. The van der Waals surface area contributed by atoms with Crippen LogP contribution in [-0.4, -0.2) is 70.0 Å². The van der Waals surface area contributed by atoms with Crippen molar-refractivity contribution in [1.82, 2.24) is 0 Å². The Labute approximate surface area is 579 Å². The Morgan fingerprint density at radius 3 is 0.851 bits per heavy atom. The molecule has 0 heterocycles. The molecule has 10 heteroatoms. The average Bonchev–Trinajstić information content (AvgIpc) is 1.65. The summed E-state index contributed by atoms with van der Waals surface area (Å²) in [6.45, 7) is 4.01. The molecule has 9 nitrogen and oxygen atoms in total. The summed E-state index contributed by atoms with van der Waals surface area (Å²) >= 11 is 0. The number of quaternary nitrogens is 1. The SMILES string of the molecule is CC/C=C\C/C=C\C/C=C\C/C=C\C/C=C\C/C=C\C/C=C\CCCCCCCCCC(=O)OC(COC(=O)CCCCCCCCCCCCCCCCCCCCCCCC/C=C\C/C=C\C/C=C\C/C=C\C/C=C\C/C=C\CC)COP(=O)([O-])OCC[N+](C)(C)C. The van der Waals surface area contributed by atoms with Crippen LogP contribution >= 0.6 is 7.82 Å². The van der Waals surface area contributed by atoms with Crippen molar-refractivity contribution in [3.05, 3.63) is 158 Å². The third kappa shape index (κ3) is 76.6. The molecule has 0 spiro atoms. The molecule has 2 atom stereocenters. The van der Waals surface area contributed by atoms with Crippen LogP contribution in [0.1, 0.15) is 309 Å². The fourth-order valence-electron chi connectivity index (χ4n) is 10.3. The van der Waals surface area contributed by atoms with Crippen molar-refractivity contribution < 1.29 is 42.1 Å². The van der Waals surface area contributed by atoms with E-state index in [1.165, 1.54) is 148 Å². The van der Waals surface area contributed by atoms with Crippen LogP contribution in [-0.2, 0) is 32.7 Å². The molecule has 0 fully saturated rings. The number of allylic oxidation sites excluding steroid dienone is 26. The van der Waals surface area contributed by atoms with Crippen LogP contribution in [0.25, 0.3) is 0 Å². The topological polar surface area (TPSA) is 111 Å². The molecule has 0 aromatic rings. The number of hydrogen-bond acceptors (Lipinski definition) is 8. The van der Waals surface area contributed by atoms with E-state index in [4.69, 9.17) is 18.5 Å². The second kappa shape index (κ2) is 72.9. The molecule has 0 aliphatic heterocycles. The largest absolute Gasteiger partial charge is 0.756 e. The lowest BCUT2D eigenvalue weighted by atomic mass is 10.0. The number of carbonyl (C=O) groups is 2. The highest BCUT2D eigenvalue weighted by Gasteiger charge is 2.22. The molecular weight excluding hydrogens is 1180 g/mol. The first kappa shape index (κ1) is 89.6. The first-order valence-electron chi connectivity index (χ1n) is 38.2. The number of rotatable bonds is 69. The van der Waals surface area contributed by atoms with Crippen molar-refractivity contribution in [1.29, 1.82) is 0 Å². The molecule has 94 heavy (non-hydrogen) atoms. The molecule has 536 valence electrons. The maximum absolute atomic E-state index is 12.9. The maximum atomic E-state index is 12.9. The number of carbonyl (C=O) groups excluding carboxylic acids is 2. The smallest absolute Gasteiger partial charge is 0.306 e. The van der Waals surface area contributed by atoms with Gasteiger partial charge in [0.2, 0.25) is 0 Å². The Hall–Kier alpha value is -4.37. The van der Waals surface area contributed by atoms with Crippen LogP contribution in [0.5, 0.6) is 0 Å². The molecule has 0 amide bonds. The fraction of sp³-hybridized carbons (Fsp3) is 0.667. The van der Waals surface area contributed by atoms with Crippen molar-refractivity contribution in [2.45, 2.75) is 315 Å². The van der Waals surface area contributed by atoms with E-state index in [0.29, 0.717) is 17.4 Å². The minimum absolute atomic E-state index is 0.0390. The summed E-state index contributed by atoms with van der Waals surface area (Å²) < 4.78 is 34.4. The van der Waals surface area contributed by atoms with E-state index in [9.17, 15) is 19.0 Å². The molecule has 0 saturated carbocycles. The minimum atomic E-state index is -4.66. The lowest BCUT2D eigenvalue weighted by Crippen LogP contribution is -2.37. The van der Waals surface area contributed by atoms with Gasteiger partial charge in [-0.2, -0.15) is 0 Å². The van der Waals surface area contributed by atoms with Crippen LogP contribution in [0.2, 0.25) is 0 Å². The van der Waals surface area contributed by atoms with Gasteiger partial charge in [-0.3, -0.25) is 14.2 Å². The highest BCUT2D eigenvalue weighted by atomic mass is 31.2. The number of nitrogens with zero attached hydrogens (tertiary/aromatic N) is 1. The van der Waals surface area contributed by atoms with Crippen molar-refractivity contribution in [3.63, 3.8) is 0 Å². The number of phosphoric ester groups is 1. The molecule has 0 N–H and O–H groups in total. The second-order valence-electron chi connectivity index (χ2n) is 26.3. The Balaban J connectivity index is 4.00. The summed E-state index contributed by atoms with van der Waals surface area (Å²) in [6.07, 6.45) is 109. The van der Waals surface area contributed by atoms with E-state index < -0.39 is 26.5 Å². The number of ether oxygens (including phenoxy) is 2. The number of hydrogen-bond donors (Lipinski definition) is 0. The van der Waals surface area contributed by atoms with Crippen LogP contribution in [0.4, 0.5) is 0 Å². The monoisotopic (exact) mass is 1320 g/mol. The van der Waals surface area contributed by atoms with E-state index in [1.54, 1.807) is 0 Å². The summed E-state index contributed by atoms with van der Waals surface area (Å²) in [7, 11) is 1.15. The minimum Gasteiger partial charge on any atom is -0.756 e. The van der Waals surface area contributed by atoms with E-state index in [-0.39, 0.29) is 32.0 Å². The third-order valence-electron chi connectivity index (χ3n) is 16.0.